The molecule has 2 fully saturated rings. The van der Waals surface area contributed by atoms with E-state index >= 15 is 0 Å². The van der Waals surface area contributed by atoms with Crippen LogP contribution in [0.1, 0.15) is 18.4 Å². The van der Waals surface area contributed by atoms with Crippen LogP contribution in [-0.4, -0.2) is 37.6 Å². The van der Waals surface area contributed by atoms with Crippen LogP contribution in [0.15, 0.2) is 18.2 Å². The van der Waals surface area contributed by atoms with Crippen molar-refractivity contribution in [3.05, 3.63) is 23.8 Å². The summed E-state index contributed by atoms with van der Waals surface area (Å²) in [5.74, 6) is 1.01. The van der Waals surface area contributed by atoms with Gasteiger partial charge in [0.1, 0.15) is 0 Å². The van der Waals surface area contributed by atoms with Crippen LogP contribution >= 0.6 is 0 Å². The number of nitrogens with zero attached hydrogens (tertiary/aromatic N) is 2. The molecular weight excluding hydrogens is 222 g/mol. The monoisotopic (exact) mass is 245 g/mol. The van der Waals surface area contributed by atoms with Crippen LogP contribution in [0.25, 0.3) is 0 Å². The summed E-state index contributed by atoms with van der Waals surface area (Å²) >= 11 is 0. The minimum atomic E-state index is 0.864. The number of hydrogen-bond donors (Lipinski definition) is 1. The van der Waals surface area contributed by atoms with Crippen molar-refractivity contribution in [1.82, 2.24) is 4.90 Å². The highest BCUT2D eigenvalue weighted by Crippen LogP contribution is 2.30. The van der Waals surface area contributed by atoms with Crippen molar-refractivity contribution < 1.29 is 0 Å². The molecule has 3 nitrogen and oxygen atoms in total. The second-order valence-electron chi connectivity index (χ2n) is 5.78. The summed E-state index contributed by atoms with van der Waals surface area (Å²) in [4.78, 5) is 5.12. The van der Waals surface area contributed by atoms with Gasteiger partial charge in [-0.3, -0.25) is 4.90 Å². The molecule has 1 aliphatic carbocycles. The lowest BCUT2D eigenvalue weighted by Crippen LogP contribution is -2.47. The third kappa shape index (κ3) is 2.61. The fraction of sp³-hybridized carbons (Fsp3) is 0.600. The predicted molar refractivity (Wildman–Crippen MR) is 77.0 cm³/mol. The second kappa shape index (κ2) is 4.81. The molecule has 1 saturated carbocycles. The van der Waals surface area contributed by atoms with Gasteiger partial charge in [0.15, 0.2) is 0 Å². The highest BCUT2D eigenvalue weighted by Gasteiger charge is 2.26. The van der Waals surface area contributed by atoms with Gasteiger partial charge in [0.25, 0.3) is 0 Å². The Balaban J connectivity index is 1.60. The van der Waals surface area contributed by atoms with Gasteiger partial charge in [0.2, 0.25) is 0 Å². The summed E-state index contributed by atoms with van der Waals surface area (Å²) in [7, 11) is 0. The molecule has 98 valence electrons. The minimum absolute atomic E-state index is 0.864. The molecule has 3 rings (SSSR count). The molecule has 0 amide bonds. The number of anilines is 2. The van der Waals surface area contributed by atoms with Gasteiger partial charge >= 0.3 is 0 Å². The number of piperazine rings is 1. The van der Waals surface area contributed by atoms with Gasteiger partial charge in [-0.2, -0.15) is 0 Å². The fourth-order valence-corrected chi connectivity index (χ4v) is 2.87. The van der Waals surface area contributed by atoms with Crippen LogP contribution in [0.4, 0.5) is 11.4 Å². The molecule has 0 bridgehead atoms. The van der Waals surface area contributed by atoms with Gasteiger partial charge in [-0.25, -0.2) is 0 Å². The smallest absolute Gasteiger partial charge is 0.0398 e. The van der Waals surface area contributed by atoms with Gasteiger partial charge in [-0.05, 0) is 49.4 Å². The van der Waals surface area contributed by atoms with E-state index in [9.17, 15) is 0 Å². The molecule has 1 saturated heterocycles. The number of nitrogen functional groups attached to an aromatic ring is 1. The van der Waals surface area contributed by atoms with Crippen molar-refractivity contribution in [2.75, 3.05) is 43.4 Å². The Labute approximate surface area is 110 Å². The van der Waals surface area contributed by atoms with E-state index in [4.69, 9.17) is 5.73 Å². The topological polar surface area (TPSA) is 32.5 Å². The molecule has 1 heterocycles. The molecule has 1 aromatic rings. The van der Waals surface area contributed by atoms with E-state index in [1.165, 1.54) is 43.7 Å². The van der Waals surface area contributed by atoms with E-state index in [1.807, 2.05) is 6.07 Å². The van der Waals surface area contributed by atoms with Crippen LogP contribution in [0, 0.1) is 12.8 Å². The molecular formula is C15H23N3. The summed E-state index contributed by atoms with van der Waals surface area (Å²) < 4.78 is 0. The van der Waals surface area contributed by atoms with Crippen molar-refractivity contribution in [2.45, 2.75) is 19.8 Å². The van der Waals surface area contributed by atoms with Crippen LogP contribution in [0.2, 0.25) is 0 Å². The zero-order valence-electron chi connectivity index (χ0n) is 11.2. The average Bonchev–Trinajstić information content (AvgIpc) is 3.15. The maximum atomic E-state index is 5.81. The first-order chi connectivity index (χ1) is 8.72. The quantitative estimate of drug-likeness (QED) is 0.828. The lowest BCUT2D eigenvalue weighted by molar-refractivity contribution is 0.248. The van der Waals surface area contributed by atoms with E-state index in [1.54, 1.807) is 0 Å². The first kappa shape index (κ1) is 11.8. The van der Waals surface area contributed by atoms with Crippen LogP contribution in [0.5, 0.6) is 0 Å². The molecule has 1 aromatic carbocycles. The summed E-state index contributed by atoms with van der Waals surface area (Å²) in [5.41, 5.74) is 9.33. The molecule has 1 aliphatic heterocycles. The lowest BCUT2D eigenvalue weighted by Gasteiger charge is -2.37. The molecule has 0 radical (unpaired) electrons. The van der Waals surface area contributed by atoms with Gasteiger partial charge in [-0.15, -0.1) is 0 Å². The van der Waals surface area contributed by atoms with E-state index in [2.05, 4.69) is 28.9 Å². The first-order valence-electron chi connectivity index (χ1n) is 7.06. The van der Waals surface area contributed by atoms with Crippen LogP contribution < -0.4 is 10.6 Å². The highest BCUT2D eigenvalue weighted by atomic mass is 15.3. The largest absolute Gasteiger partial charge is 0.399 e. The van der Waals surface area contributed by atoms with Crippen molar-refractivity contribution in [1.29, 1.82) is 0 Å². The third-order valence-electron chi connectivity index (χ3n) is 4.15. The summed E-state index contributed by atoms with van der Waals surface area (Å²) in [6.45, 7) is 8.20. The summed E-state index contributed by atoms with van der Waals surface area (Å²) in [5, 5.41) is 0. The van der Waals surface area contributed by atoms with Gasteiger partial charge < -0.3 is 10.6 Å². The standard InChI is InChI=1S/C15H23N3/c1-12-10-14(16)4-5-15(12)18-8-6-17(7-9-18)11-13-2-3-13/h4-5,10,13H,2-3,6-9,11,16H2,1H3. The van der Waals surface area contributed by atoms with Crippen molar-refractivity contribution in [2.24, 2.45) is 5.92 Å². The minimum Gasteiger partial charge on any atom is -0.399 e. The van der Waals surface area contributed by atoms with Crippen LogP contribution in [-0.2, 0) is 0 Å². The molecule has 18 heavy (non-hydrogen) atoms. The summed E-state index contributed by atoms with van der Waals surface area (Å²) in [6, 6.07) is 6.26. The second-order valence-corrected chi connectivity index (χ2v) is 5.78. The SMILES string of the molecule is Cc1cc(N)ccc1N1CCN(CC2CC2)CC1. The molecule has 3 heteroatoms. The zero-order chi connectivity index (χ0) is 12.5. The Bertz CT molecular complexity index is 418. The normalized spacial score (nSPS) is 21.3. The number of nitrogens with two attached hydrogens (primary N) is 1. The van der Waals surface area contributed by atoms with E-state index in [-0.39, 0.29) is 0 Å². The van der Waals surface area contributed by atoms with Gasteiger partial charge in [0.05, 0.1) is 0 Å². The number of rotatable bonds is 3. The molecule has 0 aromatic heterocycles. The van der Waals surface area contributed by atoms with E-state index in [0.717, 1.165) is 24.7 Å². The fourth-order valence-electron chi connectivity index (χ4n) is 2.87. The molecule has 0 atom stereocenters. The van der Waals surface area contributed by atoms with E-state index < -0.39 is 0 Å². The van der Waals surface area contributed by atoms with Crippen molar-refractivity contribution >= 4 is 11.4 Å². The Morgan fingerprint density at radius 2 is 1.89 bits per heavy atom. The number of aryl methyl sites for hydroxylation is 1. The predicted octanol–water partition coefficient (Wildman–Crippen LogP) is 2.11. The Morgan fingerprint density at radius 3 is 2.50 bits per heavy atom. The highest BCUT2D eigenvalue weighted by molar-refractivity contribution is 5.59. The van der Waals surface area contributed by atoms with E-state index in [0.29, 0.717) is 0 Å². The van der Waals surface area contributed by atoms with Crippen molar-refractivity contribution in [3.8, 4) is 0 Å². The summed E-state index contributed by atoms with van der Waals surface area (Å²) in [6.07, 6.45) is 2.91. The first-order valence-corrected chi connectivity index (χ1v) is 7.06. The Hall–Kier alpha value is -1.22. The third-order valence-corrected chi connectivity index (χ3v) is 4.15. The Kier molecular flexibility index (Phi) is 3.16. The lowest BCUT2D eigenvalue weighted by atomic mass is 10.1. The molecule has 0 unspecified atom stereocenters. The maximum Gasteiger partial charge on any atom is 0.0398 e. The maximum absolute atomic E-state index is 5.81. The molecule has 2 N–H and O–H groups in total. The average molecular weight is 245 g/mol. The van der Waals surface area contributed by atoms with Crippen LogP contribution in [0.3, 0.4) is 0 Å². The van der Waals surface area contributed by atoms with Crippen molar-refractivity contribution in [3.63, 3.8) is 0 Å². The van der Waals surface area contributed by atoms with Gasteiger partial charge in [0, 0.05) is 44.1 Å². The number of benzene rings is 1. The number of hydrogen-bond acceptors (Lipinski definition) is 3. The molecule has 2 aliphatic rings. The Morgan fingerprint density at radius 1 is 1.17 bits per heavy atom. The molecule has 0 spiro atoms. The van der Waals surface area contributed by atoms with Gasteiger partial charge in [-0.1, -0.05) is 0 Å². The zero-order valence-corrected chi connectivity index (χ0v) is 11.2.